The number of fused-ring (bicyclic) bond motifs is 3. The highest BCUT2D eigenvalue weighted by Gasteiger charge is 2.44. The van der Waals surface area contributed by atoms with Crippen molar-refractivity contribution in [3.05, 3.63) is 59.5 Å². The van der Waals surface area contributed by atoms with Crippen LogP contribution in [0.1, 0.15) is 16.8 Å². The third kappa shape index (κ3) is 3.52. The third-order valence-corrected chi connectivity index (χ3v) is 9.08. The molecule has 9 nitrogen and oxygen atoms in total. The third-order valence-electron chi connectivity index (χ3n) is 6.16. The molecule has 0 bridgehead atoms. The van der Waals surface area contributed by atoms with Crippen molar-refractivity contribution in [3.63, 3.8) is 0 Å². The molecule has 2 N–H and O–H groups in total. The van der Waals surface area contributed by atoms with Gasteiger partial charge in [0.15, 0.2) is 11.5 Å². The molecule has 0 spiro atoms. The lowest BCUT2D eigenvalue weighted by Gasteiger charge is -2.20. The molecule has 2 atom stereocenters. The van der Waals surface area contributed by atoms with Crippen LogP contribution in [0, 0.1) is 0 Å². The van der Waals surface area contributed by atoms with Gasteiger partial charge in [0, 0.05) is 12.6 Å². The average molecular weight is 498 g/mol. The Balaban J connectivity index is 1.29. The zero-order valence-corrected chi connectivity index (χ0v) is 19.3. The van der Waals surface area contributed by atoms with Crippen LogP contribution >= 0.6 is 11.3 Å². The maximum atomic E-state index is 13.5. The van der Waals surface area contributed by atoms with Gasteiger partial charge in [-0.2, -0.15) is 0 Å². The zero-order valence-electron chi connectivity index (χ0n) is 17.7. The molecule has 1 fully saturated rings. The Morgan fingerprint density at radius 2 is 1.82 bits per heavy atom. The number of benzene rings is 2. The van der Waals surface area contributed by atoms with Crippen molar-refractivity contribution in [1.29, 1.82) is 0 Å². The number of carbonyl (C=O) groups excluding carboxylic acids is 2. The molecule has 1 saturated heterocycles. The molecular formula is C23H19N3O6S2. The SMILES string of the molecule is O=C1Nc2ccc(-c3ccc4c(c3)OCO4)cc2C(=O)N2CC(NS(=O)(=O)c3cccs3)CC12. The second kappa shape index (κ2) is 7.83. The van der Waals surface area contributed by atoms with Crippen LogP contribution < -0.4 is 19.5 Å². The first-order valence-electron chi connectivity index (χ1n) is 10.6. The summed E-state index contributed by atoms with van der Waals surface area (Å²) in [5.41, 5.74) is 2.42. The lowest BCUT2D eigenvalue weighted by molar-refractivity contribution is -0.119. The van der Waals surface area contributed by atoms with Crippen LogP contribution in [-0.4, -0.2) is 50.6 Å². The Morgan fingerprint density at radius 1 is 1.03 bits per heavy atom. The summed E-state index contributed by atoms with van der Waals surface area (Å²) in [6.45, 7) is 0.274. The summed E-state index contributed by atoms with van der Waals surface area (Å²) < 4.78 is 38.9. The maximum Gasteiger partial charge on any atom is 0.256 e. The molecule has 2 amide bonds. The van der Waals surface area contributed by atoms with Crippen LogP contribution in [0.4, 0.5) is 5.69 Å². The second-order valence-electron chi connectivity index (χ2n) is 8.28. The molecule has 6 rings (SSSR count). The van der Waals surface area contributed by atoms with Gasteiger partial charge in [-0.05, 0) is 53.3 Å². The van der Waals surface area contributed by atoms with Crippen LogP contribution in [-0.2, 0) is 14.8 Å². The van der Waals surface area contributed by atoms with E-state index in [0.717, 1.165) is 22.5 Å². The minimum atomic E-state index is -3.72. The van der Waals surface area contributed by atoms with Crippen molar-refractivity contribution in [1.82, 2.24) is 9.62 Å². The number of hydrogen-bond donors (Lipinski definition) is 2. The highest BCUT2D eigenvalue weighted by atomic mass is 32.2. The van der Waals surface area contributed by atoms with Gasteiger partial charge in [0.05, 0.1) is 11.3 Å². The van der Waals surface area contributed by atoms with Crippen LogP contribution in [0.3, 0.4) is 0 Å². The van der Waals surface area contributed by atoms with Crippen LogP contribution in [0.25, 0.3) is 11.1 Å². The summed E-state index contributed by atoms with van der Waals surface area (Å²) in [5.74, 6) is 0.643. The topological polar surface area (TPSA) is 114 Å². The molecule has 3 aliphatic rings. The molecule has 0 saturated carbocycles. The number of nitrogens with one attached hydrogen (secondary N) is 2. The van der Waals surface area contributed by atoms with E-state index in [1.165, 1.54) is 11.0 Å². The van der Waals surface area contributed by atoms with Crippen LogP contribution in [0.15, 0.2) is 58.1 Å². The van der Waals surface area contributed by atoms with Gasteiger partial charge in [-0.15, -0.1) is 11.3 Å². The molecular weight excluding hydrogens is 478 g/mol. The van der Waals surface area contributed by atoms with E-state index in [4.69, 9.17) is 9.47 Å². The summed E-state index contributed by atoms with van der Waals surface area (Å²) in [6.07, 6.45) is 0.200. The van der Waals surface area contributed by atoms with Gasteiger partial charge in [0.2, 0.25) is 22.7 Å². The van der Waals surface area contributed by atoms with E-state index < -0.39 is 22.1 Å². The number of thiophene rings is 1. The second-order valence-corrected chi connectivity index (χ2v) is 11.2. The summed E-state index contributed by atoms with van der Waals surface area (Å²) in [4.78, 5) is 27.9. The molecule has 1 aromatic heterocycles. The van der Waals surface area contributed by atoms with Gasteiger partial charge < -0.3 is 19.7 Å². The molecule has 4 heterocycles. The van der Waals surface area contributed by atoms with Crippen molar-refractivity contribution in [3.8, 4) is 22.6 Å². The fraction of sp³-hybridized carbons (Fsp3) is 0.217. The molecule has 3 aliphatic heterocycles. The lowest BCUT2D eigenvalue weighted by Crippen LogP contribution is -2.41. The Kier molecular flexibility index (Phi) is 4.87. The molecule has 174 valence electrons. The number of nitrogens with zero attached hydrogens (tertiary/aromatic N) is 1. The van der Waals surface area contributed by atoms with E-state index in [1.807, 2.05) is 24.3 Å². The Labute approximate surface area is 199 Å². The average Bonchev–Trinajstić information content (AvgIpc) is 3.57. The van der Waals surface area contributed by atoms with Gasteiger partial charge in [-0.25, -0.2) is 13.1 Å². The van der Waals surface area contributed by atoms with Crippen LogP contribution in [0.5, 0.6) is 11.5 Å². The predicted molar refractivity (Wildman–Crippen MR) is 125 cm³/mol. The summed E-state index contributed by atoms with van der Waals surface area (Å²) >= 11 is 1.11. The smallest absolute Gasteiger partial charge is 0.256 e. The Hall–Kier alpha value is -3.41. The molecule has 11 heteroatoms. The fourth-order valence-electron chi connectivity index (χ4n) is 4.54. The largest absolute Gasteiger partial charge is 0.454 e. The number of amides is 2. The molecule has 0 radical (unpaired) electrons. The summed E-state index contributed by atoms with van der Waals surface area (Å²) in [5, 5.41) is 4.52. The van der Waals surface area contributed by atoms with Gasteiger partial charge in [-0.3, -0.25) is 9.59 Å². The quantitative estimate of drug-likeness (QED) is 0.573. The number of rotatable bonds is 4. The number of carbonyl (C=O) groups is 2. The first kappa shape index (κ1) is 21.1. The van der Waals surface area contributed by atoms with E-state index in [0.29, 0.717) is 22.7 Å². The van der Waals surface area contributed by atoms with E-state index in [9.17, 15) is 18.0 Å². The predicted octanol–water partition coefficient (Wildman–Crippen LogP) is 2.66. The zero-order chi connectivity index (χ0) is 23.4. The van der Waals surface area contributed by atoms with E-state index in [1.54, 1.807) is 23.6 Å². The van der Waals surface area contributed by atoms with Crippen molar-refractivity contribution in [2.24, 2.45) is 0 Å². The highest BCUT2D eigenvalue weighted by Crippen LogP contribution is 2.38. The number of ether oxygens (including phenoxy) is 2. The normalized spacial score (nSPS) is 21.1. The molecule has 3 aromatic rings. The first-order chi connectivity index (χ1) is 16.4. The monoisotopic (exact) mass is 497 g/mol. The molecule has 2 unspecified atom stereocenters. The summed E-state index contributed by atoms with van der Waals surface area (Å²) in [6, 6.07) is 12.7. The van der Waals surface area contributed by atoms with Crippen molar-refractivity contribution < 1.29 is 27.5 Å². The minimum Gasteiger partial charge on any atom is -0.454 e. The van der Waals surface area contributed by atoms with Crippen LogP contribution in [0.2, 0.25) is 0 Å². The number of hydrogen-bond acceptors (Lipinski definition) is 7. The van der Waals surface area contributed by atoms with E-state index in [-0.39, 0.29) is 35.8 Å². The summed E-state index contributed by atoms with van der Waals surface area (Å²) in [7, 11) is -3.72. The first-order valence-corrected chi connectivity index (χ1v) is 13.0. The van der Waals surface area contributed by atoms with Crippen molar-refractivity contribution in [2.75, 3.05) is 18.7 Å². The van der Waals surface area contributed by atoms with Gasteiger partial charge in [-0.1, -0.05) is 18.2 Å². The van der Waals surface area contributed by atoms with Crippen molar-refractivity contribution >= 4 is 38.9 Å². The maximum absolute atomic E-state index is 13.5. The minimum absolute atomic E-state index is 0.106. The fourth-order valence-corrected chi connectivity index (χ4v) is 6.79. The van der Waals surface area contributed by atoms with E-state index in [2.05, 4.69) is 10.0 Å². The molecule has 34 heavy (non-hydrogen) atoms. The number of sulfonamides is 1. The van der Waals surface area contributed by atoms with Gasteiger partial charge >= 0.3 is 0 Å². The Bertz CT molecular complexity index is 1420. The molecule has 2 aromatic carbocycles. The highest BCUT2D eigenvalue weighted by molar-refractivity contribution is 7.91. The standard InChI is InChI=1S/C23H19N3O6S2/c27-22-18-10-15(25-34(29,30)21-2-1-7-33-21)11-26(18)23(28)16-8-13(3-5-17(16)24-22)14-4-6-19-20(9-14)32-12-31-19/h1-9,15,18,25H,10-12H2,(H,24,27). The van der Waals surface area contributed by atoms with E-state index >= 15 is 0 Å². The lowest BCUT2D eigenvalue weighted by atomic mass is 10.0. The Morgan fingerprint density at radius 3 is 2.65 bits per heavy atom. The van der Waals surface area contributed by atoms with Gasteiger partial charge in [0.25, 0.3) is 5.91 Å². The molecule has 0 aliphatic carbocycles. The van der Waals surface area contributed by atoms with Crippen molar-refractivity contribution in [2.45, 2.75) is 22.7 Å². The number of anilines is 1. The van der Waals surface area contributed by atoms with Gasteiger partial charge in [0.1, 0.15) is 10.3 Å².